The van der Waals surface area contributed by atoms with Gasteiger partial charge in [0.05, 0.1) is 11.9 Å². The summed E-state index contributed by atoms with van der Waals surface area (Å²) in [6, 6.07) is 9.66. The smallest absolute Gasteiger partial charge is 0.128 e. The third-order valence-corrected chi connectivity index (χ3v) is 3.63. The number of phenolic OH excluding ortho intramolecular Hbond substituents is 3. The Hall–Kier alpha value is -3.02. The molecule has 23 heavy (non-hydrogen) atoms. The summed E-state index contributed by atoms with van der Waals surface area (Å²) in [6.45, 7) is 3.92. The van der Waals surface area contributed by atoms with E-state index in [2.05, 4.69) is 10.3 Å². The van der Waals surface area contributed by atoms with Gasteiger partial charge in [-0.3, -0.25) is 0 Å². The third-order valence-electron chi connectivity index (χ3n) is 3.63. The highest BCUT2D eigenvalue weighted by Crippen LogP contribution is 2.37. The molecule has 2 aromatic carbocycles. The molecule has 0 aliphatic rings. The Labute approximate surface area is 133 Å². The maximum atomic E-state index is 10.1. The first-order valence-electron chi connectivity index (χ1n) is 7.23. The van der Waals surface area contributed by atoms with Crippen LogP contribution in [0.3, 0.4) is 0 Å². The van der Waals surface area contributed by atoms with Gasteiger partial charge in [0.25, 0.3) is 0 Å². The fourth-order valence-electron chi connectivity index (χ4n) is 2.41. The lowest BCUT2D eigenvalue weighted by Crippen LogP contribution is -1.93. The van der Waals surface area contributed by atoms with E-state index in [9.17, 15) is 15.3 Å². The molecule has 1 aromatic heterocycles. The Kier molecular flexibility index (Phi) is 3.65. The molecule has 1 heterocycles. The van der Waals surface area contributed by atoms with Gasteiger partial charge in [-0.05, 0) is 29.7 Å². The van der Waals surface area contributed by atoms with Crippen LogP contribution in [0.5, 0.6) is 17.2 Å². The van der Waals surface area contributed by atoms with Crippen molar-refractivity contribution in [1.29, 1.82) is 0 Å². The molecule has 0 saturated heterocycles. The minimum Gasteiger partial charge on any atom is -0.508 e. The van der Waals surface area contributed by atoms with Crippen molar-refractivity contribution >= 4 is 0 Å². The lowest BCUT2D eigenvalue weighted by molar-refractivity contribution is 0.445. The van der Waals surface area contributed by atoms with Gasteiger partial charge in [0.15, 0.2) is 0 Å². The zero-order valence-corrected chi connectivity index (χ0v) is 12.8. The highest BCUT2D eigenvalue weighted by Gasteiger charge is 2.15. The van der Waals surface area contributed by atoms with Crippen molar-refractivity contribution in [2.45, 2.75) is 19.8 Å². The number of rotatable bonds is 3. The zero-order valence-electron chi connectivity index (χ0n) is 12.8. The molecule has 0 unspecified atom stereocenters. The Bertz CT molecular complexity index is 856. The van der Waals surface area contributed by atoms with Gasteiger partial charge in [-0.2, -0.15) is 0 Å². The van der Waals surface area contributed by atoms with Crippen LogP contribution in [0.15, 0.2) is 42.6 Å². The molecule has 6 nitrogen and oxygen atoms in total. The quantitative estimate of drug-likeness (QED) is 0.691. The molecule has 0 atom stereocenters. The van der Waals surface area contributed by atoms with Crippen LogP contribution < -0.4 is 0 Å². The normalized spacial score (nSPS) is 11.1. The van der Waals surface area contributed by atoms with E-state index in [1.807, 2.05) is 13.8 Å². The summed E-state index contributed by atoms with van der Waals surface area (Å²) in [5.41, 5.74) is 2.36. The Morgan fingerprint density at radius 2 is 1.78 bits per heavy atom. The molecule has 3 N–H and O–H groups in total. The molecule has 3 rings (SSSR count). The highest BCUT2D eigenvalue weighted by molar-refractivity contribution is 5.69. The van der Waals surface area contributed by atoms with E-state index >= 15 is 0 Å². The van der Waals surface area contributed by atoms with Crippen molar-refractivity contribution in [3.05, 3.63) is 48.2 Å². The minimum atomic E-state index is -0.0603. The summed E-state index contributed by atoms with van der Waals surface area (Å²) in [5.74, 6) is 0.237. The second-order valence-corrected chi connectivity index (χ2v) is 5.65. The van der Waals surface area contributed by atoms with E-state index in [0.717, 1.165) is 5.56 Å². The predicted molar refractivity (Wildman–Crippen MR) is 85.9 cm³/mol. The van der Waals surface area contributed by atoms with Crippen molar-refractivity contribution in [1.82, 2.24) is 15.0 Å². The first-order chi connectivity index (χ1) is 11.0. The minimum absolute atomic E-state index is 0.0571. The molecular weight excluding hydrogens is 294 g/mol. The monoisotopic (exact) mass is 311 g/mol. The Morgan fingerprint density at radius 1 is 1.00 bits per heavy atom. The van der Waals surface area contributed by atoms with E-state index in [0.29, 0.717) is 16.9 Å². The van der Waals surface area contributed by atoms with Crippen LogP contribution in [0.1, 0.15) is 25.3 Å². The van der Waals surface area contributed by atoms with Crippen LogP contribution in [-0.4, -0.2) is 30.3 Å². The second-order valence-electron chi connectivity index (χ2n) is 5.65. The van der Waals surface area contributed by atoms with Crippen LogP contribution in [-0.2, 0) is 0 Å². The maximum absolute atomic E-state index is 10.1. The standard InChI is InChI=1S/C17H17N3O3/c1-10(2)13-7-14(17(23)8-16(13)22)15-9-20(19-18-15)11-4-3-5-12(21)6-11/h3-10,21-23H,1-2H3. The van der Waals surface area contributed by atoms with E-state index in [1.165, 1.54) is 10.7 Å². The fourth-order valence-corrected chi connectivity index (χ4v) is 2.41. The maximum Gasteiger partial charge on any atom is 0.128 e. The molecule has 0 saturated carbocycles. The molecule has 0 bridgehead atoms. The van der Waals surface area contributed by atoms with Crippen molar-refractivity contribution in [2.75, 3.05) is 0 Å². The van der Waals surface area contributed by atoms with Crippen molar-refractivity contribution in [2.24, 2.45) is 0 Å². The summed E-state index contributed by atoms with van der Waals surface area (Å²) in [5, 5.41) is 37.7. The van der Waals surface area contributed by atoms with Crippen LogP contribution >= 0.6 is 0 Å². The molecule has 0 fully saturated rings. The van der Waals surface area contributed by atoms with Crippen LogP contribution in [0.25, 0.3) is 16.9 Å². The largest absolute Gasteiger partial charge is 0.508 e. The SMILES string of the molecule is CC(C)c1cc(-c2cn(-c3cccc(O)c3)nn2)c(O)cc1O. The van der Waals surface area contributed by atoms with Crippen molar-refractivity contribution in [3.8, 4) is 34.2 Å². The second kappa shape index (κ2) is 5.64. The number of aromatic hydroxyl groups is 3. The molecule has 0 spiro atoms. The average molecular weight is 311 g/mol. The number of phenols is 3. The van der Waals surface area contributed by atoms with E-state index < -0.39 is 0 Å². The Balaban J connectivity index is 2.05. The third kappa shape index (κ3) is 2.83. The number of benzene rings is 2. The molecule has 118 valence electrons. The van der Waals surface area contributed by atoms with Crippen molar-refractivity contribution < 1.29 is 15.3 Å². The van der Waals surface area contributed by atoms with Crippen LogP contribution in [0, 0.1) is 0 Å². The first kappa shape index (κ1) is 14.9. The summed E-state index contributed by atoms with van der Waals surface area (Å²) in [4.78, 5) is 0. The lowest BCUT2D eigenvalue weighted by atomic mass is 9.98. The van der Waals surface area contributed by atoms with Gasteiger partial charge in [-0.25, -0.2) is 4.68 Å². The summed E-state index contributed by atoms with van der Waals surface area (Å²) in [7, 11) is 0. The molecule has 0 amide bonds. The van der Waals surface area contributed by atoms with E-state index in [4.69, 9.17) is 0 Å². The number of hydrogen-bond acceptors (Lipinski definition) is 5. The molecule has 0 aliphatic heterocycles. The number of hydrogen-bond donors (Lipinski definition) is 3. The predicted octanol–water partition coefficient (Wildman–Crippen LogP) is 3.17. The molecule has 0 aliphatic carbocycles. The summed E-state index contributed by atoms with van der Waals surface area (Å²) in [6.07, 6.45) is 1.66. The van der Waals surface area contributed by atoms with Gasteiger partial charge >= 0.3 is 0 Å². The molecule has 0 radical (unpaired) electrons. The summed E-state index contributed by atoms with van der Waals surface area (Å²) < 4.78 is 1.51. The van der Waals surface area contributed by atoms with Gasteiger partial charge in [0.1, 0.15) is 22.9 Å². The van der Waals surface area contributed by atoms with Crippen LogP contribution in [0.2, 0.25) is 0 Å². The fraction of sp³-hybridized carbons (Fsp3) is 0.176. The highest BCUT2D eigenvalue weighted by atomic mass is 16.3. The molecule has 6 heteroatoms. The van der Waals surface area contributed by atoms with Gasteiger partial charge in [0.2, 0.25) is 0 Å². The Morgan fingerprint density at radius 3 is 2.48 bits per heavy atom. The van der Waals surface area contributed by atoms with E-state index in [-0.39, 0.29) is 23.2 Å². The van der Waals surface area contributed by atoms with Gasteiger partial charge in [-0.15, -0.1) is 5.10 Å². The van der Waals surface area contributed by atoms with E-state index in [1.54, 1.807) is 36.5 Å². The van der Waals surface area contributed by atoms with Gasteiger partial charge in [0, 0.05) is 17.7 Å². The first-order valence-corrected chi connectivity index (χ1v) is 7.23. The molecular formula is C17H17N3O3. The summed E-state index contributed by atoms with van der Waals surface area (Å²) >= 11 is 0. The van der Waals surface area contributed by atoms with Gasteiger partial charge < -0.3 is 15.3 Å². The average Bonchev–Trinajstić information content (AvgIpc) is 2.96. The number of aromatic nitrogens is 3. The van der Waals surface area contributed by atoms with Crippen LogP contribution in [0.4, 0.5) is 0 Å². The topological polar surface area (TPSA) is 91.4 Å². The zero-order chi connectivity index (χ0) is 16.6. The lowest BCUT2D eigenvalue weighted by Gasteiger charge is -2.11. The van der Waals surface area contributed by atoms with Crippen molar-refractivity contribution in [3.63, 3.8) is 0 Å². The number of nitrogens with zero attached hydrogens (tertiary/aromatic N) is 3. The van der Waals surface area contributed by atoms with Gasteiger partial charge in [-0.1, -0.05) is 25.1 Å². The molecule has 3 aromatic rings.